The van der Waals surface area contributed by atoms with E-state index >= 15 is 0 Å². The van der Waals surface area contributed by atoms with E-state index in [-0.39, 0.29) is 28.3 Å². The van der Waals surface area contributed by atoms with Gasteiger partial charge in [-0.2, -0.15) is 0 Å². The van der Waals surface area contributed by atoms with Gasteiger partial charge in [0.2, 0.25) is 0 Å². The highest BCUT2D eigenvalue weighted by atomic mass is 16.1. The van der Waals surface area contributed by atoms with Crippen molar-refractivity contribution in [1.82, 2.24) is 0 Å². The molecule has 0 saturated heterocycles. The summed E-state index contributed by atoms with van der Waals surface area (Å²) >= 11 is 0. The monoisotopic (exact) mass is 340 g/mol. The van der Waals surface area contributed by atoms with Crippen LogP contribution in [0.15, 0.2) is 12.1 Å². The van der Waals surface area contributed by atoms with Crippen molar-refractivity contribution < 1.29 is 9.59 Å². The van der Waals surface area contributed by atoms with Crippen LogP contribution in [0, 0.1) is 5.92 Å². The summed E-state index contributed by atoms with van der Waals surface area (Å²) in [7, 11) is 0. The van der Waals surface area contributed by atoms with Crippen LogP contribution >= 0.6 is 0 Å². The Labute approximate surface area is 152 Å². The molecule has 1 aromatic rings. The molecule has 136 valence electrons. The molecule has 0 radical (unpaired) electrons. The lowest BCUT2D eigenvalue weighted by atomic mass is 9.62. The van der Waals surface area contributed by atoms with Crippen molar-refractivity contribution in [3.63, 3.8) is 0 Å². The Morgan fingerprint density at radius 3 is 2.20 bits per heavy atom. The lowest BCUT2D eigenvalue weighted by Gasteiger charge is -2.42. The SMILES string of the molecule is CCc1cc2c(cc1C(=O)CC1CCCC1=O)C(C)(C)CCC2(C)C. The normalized spacial score (nSPS) is 24.2. The van der Waals surface area contributed by atoms with Crippen molar-refractivity contribution >= 4 is 11.6 Å². The third-order valence-electron chi connectivity index (χ3n) is 6.62. The van der Waals surface area contributed by atoms with Gasteiger partial charge in [0.15, 0.2) is 5.78 Å². The van der Waals surface area contributed by atoms with Crippen molar-refractivity contribution in [3.8, 4) is 0 Å². The Morgan fingerprint density at radius 1 is 1.08 bits per heavy atom. The minimum atomic E-state index is -0.0438. The molecule has 1 unspecified atom stereocenters. The van der Waals surface area contributed by atoms with Gasteiger partial charge in [-0.05, 0) is 65.7 Å². The summed E-state index contributed by atoms with van der Waals surface area (Å²) in [6.07, 6.45) is 6.08. The average molecular weight is 341 g/mol. The van der Waals surface area contributed by atoms with E-state index in [9.17, 15) is 9.59 Å². The highest BCUT2D eigenvalue weighted by Crippen LogP contribution is 2.46. The van der Waals surface area contributed by atoms with E-state index in [1.54, 1.807) is 0 Å². The molecule has 0 amide bonds. The fourth-order valence-electron chi connectivity index (χ4n) is 4.65. The number of fused-ring (bicyclic) bond motifs is 1. The van der Waals surface area contributed by atoms with Crippen molar-refractivity contribution in [2.24, 2.45) is 5.92 Å². The number of hydrogen-bond acceptors (Lipinski definition) is 2. The maximum Gasteiger partial charge on any atom is 0.163 e. The minimum Gasteiger partial charge on any atom is -0.299 e. The van der Waals surface area contributed by atoms with E-state index in [1.807, 2.05) is 0 Å². The molecule has 0 heterocycles. The van der Waals surface area contributed by atoms with Crippen LogP contribution in [0.25, 0.3) is 0 Å². The zero-order chi connectivity index (χ0) is 18.4. The summed E-state index contributed by atoms with van der Waals surface area (Å²) in [5.74, 6) is 0.405. The molecule has 2 nitrogen and oxygen atoms in total. The fourth-order valence-corrected chi connectivity index (χ4v) is 4.65. The summed E-state index contributed by atoms with van der Waals surface area (Å²) in [6, 6.07) is 4.47. The van der Waals surface area contributed by atoms with E-state index in [1.165, 1.54) is 17.5 Å². The standard InChI is InChI=1S/C23H32O2/c1-6-15-12-18-19(23(4,5)11-10-22(18,2)3)14-17(15)21(25)13-16-8-7-9-20(16)24/h12,14,16H,6-11,13H2,1-5H3. The topological polar surface area (TPSA) is 34.1 Å². The first kappa shape index (κ1) is 18.4. The lowest BCUT2D eigenvalue weighted by Crippen LogP contribution is -2.34. The van der Waals surface area contributed by atoms with Crippen molar-refractivity contribution in [2.45, 2.75) is 90.4 Å². The zero-order valence-electron chi connectivity index (χ0n) is 16.5. The van der Waals surface area contributed by atoms with E-state index in [0.29, 0.717) is 12.8 Å². The molecule has 0 bridgehead atoms. The predicted molar refractivity (Wildman–Crippen MR) is 102 cm³/mol. The van der Waals surface area contributed by atoms with Crippen LogP contribution in [0.3, 0.4) is 0 Å². The molecule has 1 saturated carbocycles. The molecular formula is C23H32O2. The maximum absolute atomic E-state index is 13.0. The summed E-state index contributed by atoms with van der Waals surface area (Å²) in [6.45, 7) is 11.3. The molecule has 0 aromatic heterocycles. The van der Waals surface area contributed by atoms with Crippen molar-refractivity contribution in [1.29, 1.82) is 0 Å². The Bertz CT molecular complexity index is 709. The highest BCUT2D eigenvalue weighted by Gasteiger charge is 2.38. The Morgan fingerprint density at radius 2 is 1.68 bits per heavy atom. The molecule has 1 fully saturated rings. The van der Waals surface area contributed by atoms with Crippen molar-refractivity contribution in [2.75, 3.05) is 0 Å². The fraction of sp³-hybridized carbons (Fsp3) is 0.652. The van der Waals surface area contributed by atoms with Gasteiger partial charge in [0.05, 0.1) is 0 Å². The highest BCUT2D eigenvalue weighted by molar-refractivity contribution is 6.00. The molecule has 25 heavy (non-hydrogen) atoms. The van der Waals surface area contributed by atoms with Crippen LogP contribution in [0.5, 0.6) is 0 Å². The van der Waals surface area contributed by atoms with Crippen LogP contribution in [-0.2, 0) is 22.0 Å². The second-order valence-electron chi connectivity index (χ2n) is 9.36. The van der Waals surface area contributed by atoms with Crippen LogP contribution in [-0.4, -0.2) is 11.6 Å². The Hall–Kier alpha value is -1.44. The first-order valence-electron chi connectivity index (χ1n) is 9.89. The summed E-state index contributed by atoms with van der Waals surface area (Å²) in [5, 5.41) is 0. The predicted octanol–water partition coefficient (Wildman–Crippen LogP) is 5.54. The number of Topliss-reactive ketones (excluding diaryl/α,β-unsaturated/α-hetero) is 2. The third kappa shape index (κ3) is 3.32. The molecule has 1 aromatic carbocycles. The smallest absolute Gasteiger partial charge is 0.163 e. The molecule has 3 rings (SSSR count). The van der Waals surface area contributed by atoms with E-state index in [0.717, 1.165) is 36.8 Å². The van der Waals surface area contributed by atoms with Gasteiger partial charge in [0.25, 0.3) is 0 Å². The zero-order valence-corrected chi connectivity index (χ0v) is 16.5. The first-order chi connectivity index (χ1) is 11.7. The van der Waals surface area contributed by atoms with Gasteiger partial charge in [-0.25, -0.2) is 0 Å². The quantitative estimate of drug-likeness (QED) is 0.674. The second kappa shape index (κ2) is 6.37. The largest absolute Gasteiger partial charge is 0.299 e. The third-order valence-corrected chi connectivity index (χ3v) is 6.62. The van der Waals surface area contributed by atoms with Crippen LogP contribution < -0.4 is 0 Å². The van der Waals surface area contributed by atoms with Crippen LogP contribution in [0.2, 0.25) is 0 Å². The Kier molecular flexibility index (Phi) is 4.68. The minimum absolute atomic E-state index is 0.0438. The number of hydrogen-bond donors (Lipinski definition) is 0. The van der Waals surface area contributed by atoms with Crippen molar-refractivity contribution in [3.05, 3.63) is 34.4 Å². The lowest BCUT2D eigenvalue weighted by molar-refractivity contribution is -0.120. The van der Waals surface area contributed by atoms with E-state index < -0.39 is 0 Å². The van der Waals surface area contributed by atoms with Gasteiger partial charge in [0, 0.05) is 24.3 Å². The Balaban J connectivity index is 2.02. The molecule has 1 atom stereocenters. The summed E-state index contributed by atoms with van der Waals surface area (Å²) in [4.78, 5) is 25.0. The molecule has 0 N–H and O–H groups in total. The number of benzene rings is 1. The number of carbonyl (C=O) groups is 2. The number of carbonyl (C=O) groups excluding carboxylic acids is 2. The van der Waals surface area contributed by atoms with Crippen LogP contribution in [0.1, 0.15) is 100 Å². The van der Waals surface area contributed by atoms with Gasteiger partial charge in [-0.15, -0.1) is 0 Å². The molecule has 0 aliphatic heterocycles. The second-order valence-corrected chi connectivity index (χ2v) is 9.36. The molecular weight excluding hydrogens is 308 g/mol. The van der Waals surface area contributed by atoms with E-state index in [4.69, 9.17) is 0 Å². The maximum atomic E-state index is 13.0. The molecule has 2 aliphatic carbocycles. The number of rotatable bonds is 4. The first-order valence-corrected chi connectivity index (χ1v) is 9.89. The summed E-state index contributed by atoms with van der Waals surface area (Å²) < 4.78 is 0. The van der Waals surface area contributed by atoms with Crippen LogP contribution in [0.4, 0.5) is 0 Å². The molecule has 2 heteroatoms. The number of aryl methyl sites for hydroxylation is 1. The van der Waals surface area contributed by atoms with Gasteiger partial charge in [-0.3, -0.25) is 9.59 Å². The average Bonchev–Trinajstić information content (AvgIpc) is 2.95. The summed E-state index contributed by atoms with van der Waals surface area (Å²) in [5.41, 5.74) is 5.04. The van der Waals surface area contributed by atoms with Gasteiger partial charge >= 0.3 is 0 Å². The van der Waals surface area contributed by atoms with Gasteiger partial charge in [0.1, 0.15) is 5.78 Å². The van der Waals surface area contributed by atoms with E-state index in [2.05, 4.69) is 46.8 Å². The van der Waals surface area contributed by atoms with Gasteiger partial charge in [-0.1, -0.05) is 40.7 Å². The van der Waals surface area contributed by atoms with Gasteiger partial charge < -0.3 is 0 Å². The molecule has 2 aliphatic rings. The molecule has 0 spiro atoms. The number of ketones is 2.